The molecule has 3 atom stereocenters. The SMILES string of the molecule is CCCCCC(O)c1c(/C=C/C2OC(C)(C)OC2CCCC(=O)OC)cnc2ccccc12. The summed E-state index contributed by atoms with van der Waals surface area (Å²) in [5.74, 6) is -0.918. The number of methoxy groups -OCH3 is 1. The predicted octanol–water partition coefficient (Wildman–Crippen LogP) is 5.73. The predicted molar refractivity (Wildman–Crippen MR) is 130 cm³/mol. The standard InChI is InChI=1S/C27H37NO5/c1-5-6-7-13-22(29)26-19(18-28-21-12-9-8-11-20(21)26)16-17-24-23(32-27(2,3)33-24)14-10-15-25(30)31-4/h8-9,11-12,16-18,22-24,29H,5-7,10,13-15H2,1-4H3/b17-16+. The van der Waals surface area contributed by atoms with E-state index in [2.05, 4.69) is 11.9 Å². The van der Waals surface area contributed by atoms with Crippen LogP contribution in [0.5, 0.6) is 0 Å². The molecule has 0 saturated carbocycles. The Morgan fingerprint density at radius 3 is 2.79 bits per heavy atom. The number of benzene rings is 1. The topological polar surface area (TPSA) is 77.9 Å². The maximum absolute atomic E-state index is 11.5. The number of unbranched alkanes of at least 4 members (excludes halogenated alkanes) is 2. The van der Waals surface area contributed by atoms with Gasteiger partial charge in [-0.1, -0.05) is 56.5 Å². The molecule has 3 rings (SSSR count). The molecular formula is C27H37NO5. The Kier molecular flexibility index (Phi) is 9.01. The second kappa shape index (κ2) is 11.7. The maximum atomic E-state index is 11.5. The van der Waals surface area contributed by atoms with E-state index in [1.165, 1.54) is 7.11 Å². The molecule has 0 spiro atoms. The highest BCUT2D eigenvalue weighted by Crippen LogP contribution is 2.34. The van der Waals surface area contributed by atoms with Crippen molar-refractivity contribution in [3.63, 3.8) is 0 Å². The molecule has 0 radical (unpaired) electrons. The lowest BCUT2D eigenvalue weighted by atomic mass is 9.94. The number of rotatable bonds is 11. The molecule has 6 nitrogen and oxygen atoms in total. The monoisotopic (exact) mass is 455 g/mol. The van der Waals surface area contributed by atoms with Crippen molar-refractivity contribution in [1.29, 1.82) is 0 Å². The van der Waals surface area contributed by atoms with E-state index < -0.39 is 11.9 Å². The molecule has 0 amide bonds. The number of aliphatic hydroxyl groups excluding tert-OH is 1. The fraction of sp³-hybridized carbons (Fsp3) is 0.556. The van der Waals surface area contributed by atoms with Gasteiger partial charge in [0.2, 0.25) is 0 Å². The van der Waals surface area contributed by atoms with Gasteiger partial charge in [-0.05, 0) is 50.3 Å². The molecule has 1 fully saturated rings. The van der Waals surface area contributed by atoms with Gasteiger partial charge in [0.1, 0.15) is 6.10 Å². The van der Waals surface area contributed by atoms with Gasteiger partial charge in [0.25, 0.3) is 0 Å². The minimum absolute atomic E-state index is 0.160. The van der Waals surface area contributed by atoms with Crippen molar-refractivity contribution in [2.24, 2.45) is 0 Å². The molecule has 1 aromatic heterocycles. The van der Waals surface area contributed by atoms with Crippen LogP contribution < -0.4 is 0 Å². The molecule has 1 aliphatic heterocycles. The summed E-state index contributed by atoms with van der Waals surface area (Å²) in [4.78, 5) is 16.1. The molecule has 180 valence electrons. The van der Waals surface area contributed by atoms with Crippen LogP contribution in [0.25, 0.3) is 17.0 Å². The number of aliphatic hydroxyl groups is 1. The number of para-hydroxylation sites is 1. The molecule has 6 heteroatoms. The summed E-state index contributed by atoms with van der Waals surface area (Å²) in [5.41, 5.74) is 2.68. The molecule has 3 unspecified atom stereocenters. The number of ether oxygens (including phenoxy) is 3. The molecule has 2 aromatic rings. The minimum Gasteiger partial charge on any atom is -0.469 e. The Labute approximate surface area is 197 Å². The normalized spacial score (nSPS) is 21.0. The van der Waals surface area contributed by atoms with Crippen molar-refractivity contribution in [3.05, 3.63) is 47.7 Å². The summed E-state index contributed by atoms with van der Waals surface area (Å²) < 4.78 is 17.0. The summed E-state index contributed by atoms with van der Waals surface area (Å²) in [6, 6.07) is 7.93. The molecule has 1 saturated heterocycles. The molecule has 0 aliphatic carbocycles. The average Bonchev–Trinajstić information content (AvgIpc) is 3.10. The second-order valence-electron chi connectivity index (χ2n) is 9.12. The summed E-state index contributed by atoms with van der Waals surface area (Å²) in [6.07, 6.45) is 10.5. The smallest absolute Gasteiger partial charge is 0.305 e. The van der Waals surface area contributed by atoms with Gasteiger partial charge in [-0.25, -0.2) is 0 Å². The van der Waals surface area contributed by atoms with Gasteiger partial charge in [0.05, 0.1) is 24.8 Å². The van der Waals surface area contributed by atoms with Crippen molar-refractivity contribution < 1.29 is 24.1 Å². The number of pyridine rings is 1. The molecule has 1 N–H and O–H groups in total. The first-order valence-electron chi connectivity index (χ1n) is 12.0. The molecule has 0 bridgehead atoms. The van der Waals surface area contributed by atoms with Crippen LogP contribution in [0.2, 0.25) is 0 Å². The number of esters is 1. The molecule has 1 aliphatic rings. The molecule has 2 heterocycles. The fourth-order valence-corrected chi connectivity index (χ4v) is 4.41. The van der Waals surface area contributed by atoms with Crippen molar-refractivity contribution in [2.45, 2.75) is 89.8 Å². The zero-order chi connectivity index (χ0) is 23.8. The van der Waals surface area contributed by atoms with Crippen molar-refractivity contribution in [1.82, 2.24) is 4.98 Å². The van der Waals surface area contributed by atoms with Crippen LogP contribution in [-0.4, -0.2) is 41.2 Å². The third kappa shape index (κ3) is 6.85. The summed E-state index contributed by atoms with van der Waals surface area (Å²) in [6.45, 7) is 5.96. The fourth-order valence-electron chi connectivity index (χ4n) is 4.41. The van der Waals surface area contributed by atoms with E-state index in [1.807, 2.05) is 56.5 Å². The molecule has 1 aromatic carbocycles. The first kappa shape index (κ1) is 25.3. The van der Waals surface area contributed by atoms with Crippen LogP contribution in [-0.2, 0) is 19.0 Å². The highest BCUT2D eigenvalue weighted by molar-refractivity contribution is 5.85. The van der Waals surface area contributed by atoms with Gasteiger partial charge in [-0.2, -0.15) is 0 Å². The minimum atomic E-state index is -0.699. The largest absolute Gasteiger partial charge is 0.469 e. The van der Waals surface area contributed by atoms with Crippen LogP contribution in [0.15, 0.2) is 36.5 Å². The van der Waals surface area contributed by atoms with Crippen LogP contribution in [0.4, 0.5) is 0 Å². The van der Waals surface area contributed by atoms with E-state index in [0.717, 1.165) is 47.7 Å². The quantitative estimate of drug-likeness (QED) is 0.345. The van der Waals surface area contributed by atoms with Gasteiger partial charge in [0, 0.05) is 18.0 Å². The van der Waals surface area contributed by atoms with E-state index >= 15 is 0 Å². The van der Waals surface area contributed by atoms with Gasteiger partial charge < -0.3 is 19.3 Å². The number of hydrogen-bond donors (Lipinski definition) is 1. The Balaban J connectivity index is 1.83. The number of hydrogen-bond acceptors (Lipinski definition) is 6. The zero-order valence-corrected chi connectivity index (χ0v) is 20.3. The number of nitrogens with zero attached hydrogens (tertiary/aromatic N) is 1. The highest BCUT2D eigenvalue weighted by Gasteiger charge is 2.39. The molecular weight excluding hydrogens is 418 g/mol. The van der Waals surface area contributed by atoms with Gasteiger partial charge in [0.15, 0.2) is 5.79 Å². The third-order valence-electron chi connectivity index (χ3n) is 6.05. The van der Waals surface area contributed by atoms with Crippen LogP contribution in [0, 0.1) is 0 Å². The number of carbonyl (C=O) groups is 1. The molecule has 33 heavy (non-hydrogen) atoms. The van der Waals surface area contributed by atoms with Gasteiger partial charge in [-0.15, -0.1) is 0 Å². The van der Waals surface area contributed by atoms with E-state index in [1.54, 1.807) is 0 Å². The summed E-state index contributed by atoms with van der Waals surface area (Å²) >= 11 is 0. The van der Waals surface area contributed by atoms with Gasteiger partial charge >= 0.3 is 5.97 Å². The lowest BCUT2D eigenvalue weighted by Crippen LogP contribution is -2.21. The van der Waals surface area contributed by atoms with E-state index in [-0.39, 0.29) is 18.2 Å². The first-order valence-corrected chi connectivity index (χ1v) is 12.0. The van der Waals surface area contributed by atoms with Crippen LogP contribution in [0.3, 0.4) is 0 Å². The summed E-state index contributed by atoms with van der Waals surface area (Å²) in [7, 11) is 1.40. The number of aromatic nitrogens is 1. The van der Waals surface area contributed by atoms with Crippen molar-refractivity contribution in [2.75, 3.05) is 7.11 Å². The Morgan fingerprint density at radius 2 is 2.03 bits per heavy atom. The van der Waals surface area contributed by atoms with Crippen LogP contribution >= 0.6 is 0 Å². The van der Waals surface area contributed by atoms with E-state index in [9.17, 15) is 9.90 Å². The zero-order valence-electron chi connectivity index (χ0n) is 20.3. The first-order chi connectivity index (χ1) is 15.8. The van der Waals surface area contributed by atoms with Crippen molar-refractivity contribution >= 4 is 22.9 Å². The Hall–Kier alpha value is -2.28. The second-order valence-corrected chi connectivity index (χ2v) is 9.12. The van der Waals surface area contributed by atoms with Gasteiger partial charge in [-0.3, -0.25) is 9.78 Å². The Bertz CT molecular complexity index is 955. The lowest BCUT2D eigenvalue weighted by molar-refractivity contribution is -0.144. The van der Waals surface area contributed by atoms with Crippen LogP contribution in [0.1, 0.15) is 82.9 Å². The van der Waals surface area contributed by atoms with E-state index in [0.29, 0.717) is 19.3 Å². The Morgan fingerprint density at radius 1 is 1.24 bits per heavy atom. The van der Waals surface area contributed by atoms with E-state index in [4.69, 9.17) is 14.2 Å². The lowest BCUT2D eigenvalue weighted by Gasteiger charge is -2.17. The maximum Gasteiger partial charge on any atom is 0.305 e. The highest BCUT2D eigenvalue weighted by atomic mass is 16.7. The van der Waals surface area contributed by atoms with Crippen molar-refractivity contribution in [3.8, 4) is 0 Å². The number of carbonyl (C=O) groups excluding carboxylic acids is 1. The third-order valence-corrected chi connectivity index (χ3v) is 6.05. The number of fused-ring (bicyclic) bond motifs is 1. The average molecular weight is 456 g/mol. The summed E-state index contributed by atoms with van der Waals surface area (Å²) in [5, 5.41) is 12.1.